The lowest BCUT2D eigenvalue weighted by Gasteiger charge is -2.35. The van der Waals surface area contributed by atoms with Crippen LogP contribution in [0.2, 0.25) is 0 Å². The molecule has 0 bridgehead atoms. The Bertz CT molecular complexity index is 1400. The number of likely N-dealkylation sites (N-methyl/N-ethyl adjacent to an activating group) is 2. The molecule has 1 aromatic heterocycles. The molecule has 2 fully saturated rings. The van der Waals surface area contributed by atoms with E-state index in [9.17, 15) is 14.4 Å². The summed E-state index contributed by atoms with van der Waals surface area (Å²) < 4.78 is 9.19. The van der Waals surface area contributed by atoms with Crippen LogP contribution in [0.5, 0.6) is 0 Å². The number of esters is 1. The van der Waals surface area contributed by atoms with Crippen LogP contribution in [-0.4, -0.2) is 80.1 Å². The number of ether oxygens (including phenoxy) is 1. The molecule has 2 amide bonds. The smallest absolute Gasteiger partial charge is 0.338 e. The number of carbonyl (C=O) groups excluding carboxylic acids is 3. The van der Waals surface area contributed by atoms with E-state index in [0.29, 0.717) is 44.6 Å². The number of benzene rings is 1. The molecule has 0 aliphatic carbocycles. The molecule has 0 unspecified atom stereocenters. The van der Waals surface area contributed by atoms with Crippen molar-refractivity contribution < 1.29 is 23.5 Å². The number of hydrogen-bond donors (Lipinski definition) is 0. The number of thiocarbonyl (C=S) groups is 1. The number of rotatable bonds is 8. The lowest BCUT2D eigenvalue weighted by molar-refractivity contribution is -0.133. The van der Waals surface area contributed by atoms with Crippen LogP contribution in [0.3, 0.4) is 0 Å². The molecule has 4 rings (SSSR count). The zero-order chi connectivity index (χ0) is 30.4. The largest absolute Gasteiger partial charge is 0.459 e. The standard InChI is InChI=1S/C28H28Cl3N5O5S/c1-3-35-23(37)21(24(38)36(4-2)27(35)42)6-5-15-34-16-13-20(14-17-34)40-25(39)19-10-7-18(8-11-19)9-12-22-32-33-26(41-22)28(29,30)31/h5-12,15,20H,3-4,13-14,16-17H2,1-2H3. The van der Waals surface area contributed by atoms with Crippen molar-refractivity contribution in [3.63, 3.8) is 0 Å². The van der Waals surface area contributed by atoms with Crippen molar-refractivity contribution >= 4 is 82.1 Å². The number of carbonyl (C=O) groups is 3. The van der Waals surface area contributed by atoms with Gasteiger partial charge in [0.1, 0.15) is 11.7 Å². The van der Waals surface area contributed by atoms with Gasteiger partial charge in [-0.25, -0.2) is 4.79 Å². The molecule has 2 saturated heterocycles. The highest BCUT2D eigenvalue weighted by atomic mass is 35.6. The summed E-state index contributed by atoms with van der Waals surface area (Å²) in [7, 11) is 0. The maximum atomic E-state index is 12.7. The topological polar surface area (TPSA) is 109 Å². The lowest BCUT2D eigenvalue weighted by Crippen LogP contribution is -2.55. The Hall–Kier alpha value is -3.25. The molecule has 0 N–H and O–H groups in total. The third-order valence-corrected chi connectivity index (χ3v) is 7.53. The van der Waals surface area contributed by atoms with Crippen molar-refractivity contribution in [1.82, 2.24) is 24.9 Å². The highest BCUT2D eigenvalue weighted by molar-refractivity contribution is 7.80. The molecule has 14 heteroatoms. The monoisotopic (exact) mass is 651 g/mol. The fraction of sp³-hybridized carbons (Fsp3) is 0.357. The molecule has 2 aromatic rings. The fourth-order valence-corrected chi connectivity index (χ4v) is 4.99. The Balaban J connectivity index is 1.27. The van der Waals surface area contributed by atoms with Crippen LogP contribution >= 0.6 is 47.0 Å². The predicted molar refractivity (Wildman–Crippen MR) is 164 cm³/mol. The van der Waals surface area contributed by atoms with E-state index in [1.165, 1.54) is 15.9 Å². The van der Waals surface area contributed by atoms with Gasteiger partial charge in [-0.05, 0) is 68.2 Å². The average Bonchev–Trinajstić information content (AvgIpc) is 3.45. The molecule has 0 saturated carbocycles. The molecule has 42 heavy (non-hydrogen) atoms. The van der Waals surface area contributed by atoms with E-state index in [1.54, 1.807) is 42.5 Å². The summed E-state index contributed by atoms with van der Waals surface area (Å²) in [5.41, 5.74) is 1.30. The maximum absolute atomic E-state index is 12.7. The number of halogens is 3. The first-order valence-corrected chi connectivity index (χ1v) is 14.8. The van der Waals surface area contributed by atoms with Gasteiger partial charge in [-0.2, -0.15) is 0 Å². The second-order valence-corrected chi connectivity index (χ2v) is 12.0. The van der Waals surface area contributed by atoms with E-state index in [2.05, 4.69) is 15.1 Å². The van der Waals surface area contributed by atoms with E-state index < -0.39 is 9.76 Å². The number of likely N-dealkylation sites (tertiary alicyclic amines) is 1. The highest BCUT2D eigenvalue weighted by Gasteiger charge is 2.37. The number of allylic oxidation sites excluding steroid dienone is 2. The highest BCUT2D eigenvalue weighted by Crippen LogP contribution is 2.37. The SMILES string of the molecule is CCN1C(=O)C(=CC=CN2CCC(OC(=O)c3ccc(C=Cc4nnc(C(Cl)(Cl)Cl)o4)cc3)CC2)C(=O)N(CC)C1=S. The van der Waals surface area contributed by atoms with E-state index in [0.717, 1.165) is 5.56 Å². The third kappa shape index (κ3) is 7.57. The van der Waals surface area contributed by atoms with Crippen LogP contribution in [0.15, 0.2) is 52.6 Å². The zero-order valence-electron chi connectivity index (χ0n) is 22.8. The quantitative estimate of drug-likeness (QED) is 0.126. The first kappa shape index (κ1) is 31.7. The Kier molecular flexibility index (Phi) is 10.4. The molecule has 2 aliphatic heterocycles. The molecule has 10 nitrogen and oxygen atoms in total. The number of aromatic nitrogens is 2. The summed E-state index contributed by atoms with van der Waals surface area (Å²) in [5.74, 6) is -1.14. The van der Waals surface area contributed by atoms with Crippen molar-refractivity contribution in [1.29, 1.82) is 0 Å². The number of nitrogens with zero attached hydrogens (tertiary/aromatic N) is 5. The van der Waals surface area contributed by atoms with Gasteiger partial charge in [0, 0.05) is 45.1 Å². The van der Waals surface area contributed by atoms with Crippen LogP contribution in [0, 0.1) is 0 Å². The van der Waals surface area contributed by atoms with Gasteiger partial charge < -0.3 is 14.1 Å². The number of alkyl halides is 3. The van der Waals surface area contributed by atoms with Gasteiger partial charge in [-0.1, -0.05) is 46.9 Å². The van der Waals surface area contributed by atoms with Crippen LogP contribution < -0.4 is 0 Å². The minimum Gasteiger partial charge on any atom is -0.459 e. The summed E-state index contributed by atoms with van der Waals surface area (Å²) in [4.78, 5) is 43.0. The second kappa shape index (κ2) is 13.8. The van der Waals surface area contributed by atoms with Crippen molar-refractivity contribution in [2.24, 2.45) is 0 Å². The minimum atomic E-state index is -1.80. The first-order valence-electron chi connectivity index (χ1n) is 13.2. The van der Waals surface area contributed by atoms with Gasteiger partial charge in [0.05, 0.1) is 5.56 Å². The molecule has 3 heterocycles. The normalized spacial score (nSPS) is 17.2. The lowest BCUT2D eigenvalue weighted by atomic mass is 10.1. The Morgan fingerprint density at radius 3 is 2.21 bits per heavy atom. The number of amides is 2. The molecule has 222 valence electrons. The first-order chi connectivity index (χ1) is 20.0. The van der Waals surface area contributed by atoms with Crippen molar-refractivity contribution in [2.45, 2.75) is 36.6 Å². The van der Waals surface area contributed by atoms with Crippen LogP contribution in [0.25, 0.3) is 12.2 Å². The molecule has 2 aliphatic rings. The molecular formula is C28H28Cl3N5O5S. The zero-order valence-corrected chi connectivity index (χ0v) is 25.9. The van der Waals surface area contributed by atoms with Crippen molar-refractivity contribution in [3.05, 3.63) is 71.1 Å². The Labute approximate surface area is 263 Å². The van der Waals surface area contributed by atoms with Gasteiger partial charge in [-0.3, -0.25) is 19.4 Å². The summed E-state index contributed by atoms with van der Waals surface area (Å²) in [5, 5.41) is 7.71. The average molecular weight is 653 g/mol. The van der Waals surface area contributed by atoms with Gasteiger partial charge in [0.15, 0.2) is 5.11 Å². The molecule has 0 spiro atoms. The molecule has 0 radical (unpaired) electrons. The van der Waals surface area contributed by atoms with Gasteiger partial charge in [0.25, 0.3) is 21.5 Å². The van der Waals surface area contributed by atoms with Crippen LogP contribution in [0.1, 0.15) is 54.4 Å². The summed E-state index contributed by atoms with van der Waals surface area (Å²) in [6.45, 7) is 5.72. The summed E-state index contributed by atoms with van der Waals surface area (Å²) in [6, 6.07) is 6.87. The number of hydrogen-bond acceptors (Lipinski definition) is 9. The maximum Gasteiger partial charge on any atom is 0.338 e. The van der Waals surface area contributed by atoms with Gasteiger partial charge >= 0.3 is 5.97 Å². The van der Waals surface area contributed by atoms with E-state index in [4.69, 9.17) is 56.2 Å². The summed E-state index contributed by atoms with van der Waals surface area (Å²) in [6.07, 6.45) is 9.43. The Morgan fingerprint density at radius 2 is 1.67 bits per heavy atom. The fourth-order valence-electron chi connectivity index (χ4n) is 4.34. The van der Waals surface area contributed by atoms with Crippen molar-refractivity contribution in [2.75, 3.05) is 26.2 Å². The van der Waals surface area contributed by atoms with E-state index >= 15 is 0 Å². The van der Waals surface area contributed by atoms with Crippen LogP contribution in [-0.2, 0) is 18.1 Å². The van der Waals surface area contributed by atoms with Gasteiger partial charge in [-0.15, -0.1) is 10.2 Å². The van der Waals surface area contributed by atoms with Crippen LogP contribution in [0.4, 0.5) is 0 Å². The number of piperidine rings is 1. The summed E-state index contributed by atoms with van der Waals surface area (Å²) >= 11 is 22.5. The predicted octanol–water partition coefficient (Wildman–Crippen LogP) is 5.12. The second-order valence-electron chi connectivity index (χ2n) is 9.34. The minimum absolute atomic E-state index is 0.0812. The molecular weight excluding hydrogens is 625 g/mol. The van der Waals surface area contributed by atoms with Crippen molar-refractivity contribution in [3.8, 4) is 0 Å². The molecule has 0 atom stereocenters. The molecule has 1 aromatic carbocycles. The van der Waals surface area contributed by atoms with E-state index in [-0.39, 0.29) is 40.4 Å². The van der Waals surface area contributed by atoms with E-state index in [1.807, 2.05) is 20.0 Å². The third-order valence-electron chi connectivity index (χ3n) is 6.60. The Morgan fingerprint density at radius 1 is 1.05 bits per heavy atom. The van der Waals surface area contributed by atoms with Gasteiger partial charge in [0.2, 0.25) is 5.89 Å².